The van der Waals surface area contributed by atoms with Gasteiger partial charge in [0.15, 0.2) is 0 Å². The van der Waals surface area contributed by atoms with Gasteiger partial charge in [0, 0.05) is 24.6 Å². The topological polar surface area (TPSA) is 56.7 Å². The minimum absolute atomic E-state index is 0.227. The Kier molecular flexibility index (Phi) is 4.49. The number of halogens is 1. The highest BCUT2D eigenvalue weighted by atomic mass is 19.1. The summed E-state index contributed by atoms with van der Waals surface area (Å²) in [5, 5.41) is 4.20. The van der Waals surface area contributed by atoms with Gasteiger partial charge in [-0.25, -0.2) is 14.1 Å². The van der Waals surface area contributed by atoms with Crippen LogP contribution in [0.15, 0.2) is 24.5 Å². The van der Waals surface area contributed by atoms with Crippen LogP contribution in [0.4, 0.5) is 4.39 Å². The van der Waals surface area contributed by atoms with Crippen molar-refractivity contribution in [2.24, 2.45) is 11.7 Å². The van der Waals surface area contributed by atoms with Gasteiger partial charge < -0.3 is 5.73 Å². The number of nitrogens with two attached hydrogens (primary N) is 1. The maximum atomic E-state index is 14.1. The van der Waals surface area contributed by atoms with Crippen molar-refractivity contribution in [1.29, 1.82) is 0 Å². The van der Waals surface area contributed by atoms with Crippen molar-refractivity contribution in [3.05, 3.63) is 47.3 Å². The van der Waals surface area contributed by atoms with E-state index in [-0.39, 0.29) is 5.82 Å². The van der Waals surface area contributed by atoms with Crippen LogP contribution in [0.3, 0.4) is 0 Å². The van der Waals surface area contributed by atoms with Crippen LogP contribution in [0.2, 0.25) is 0 Å². The monoisotopic (exact) mass is 276 g/mol. The van der Waals surface area contributed by atoms with Crippen LogP contribution in [0, 0.1) is 18.7 Å². The second-order valence-corrected chi connectivity index (χ2v) is 5.54. The van der Waals surface area contributed by atoms with Crippen LogP contribution >= 0.6 is 0 Å². The van der Waals surface area contributed by atoms with Gasteiger partial charge in [0.1, 0.15) is 18.0 Å². The fourth-order valence-corrected chi connectivity index (χ4v) is 2.21. The molecule has 0 fully saturated rings. The Bertz CT molecular complexity index is 577. The van der Waals surface area contributed by atoms with E-state index in [2.05, 4.69) is 23.9 Å². The molecule has 4 nitrogen and oxygen atoms in total. The fraction of sp³-hybridized carbons (Fsp3) is 0.467. The molecule has 0 bridgehead atoms. The van der Waals surface area contributed by atoms with Crippen molar-refractivity contribution in [2.75, 3.05) is 0 Å². The molecule has 0 radical (unpaired) electrons. The number of hydrogen-bond donors (Lipinski definition) is 1. The van der Waals surface area contributed by atoms with Gasteiger partial charge in [-0.1, -0.05) is 32.0 Å². The van der Waals surface area contributed by atoms with E-state index >= 15 is 0 Å². The van der Waals surface area contributed by atoms with Crippen LogP contribution in [-0.4, -0.2) is 14.8 Å². The van der Waals surface area contributed by atoms with Gasteiger partial charge in [-0.3, -0.25) is 0 Å². The predicted molar refractivity (Wildman–Crippen MR) is 76.6 cm³/mol. The number of aromatic nitrogens is 3. The van der Waals surface area contributed by atoms with E-state index in [0.29, 0.717) is 23.5 Å². The molecule has 2 aromatic rings. The molecule has 0 amide bonds. The number of nitrogens with zero attached hydrogens (tertiary/aromatic N) is 3. The molecule has 0 spiro atoms. The van der Waals surface area contributed by atoms with Crippen molar-refractivity contribution in [1.82, 2.24) is 14.8 Å². The Labute approximate surface area is 118 Å². The van der Waals surface area contributed by atoms with Gasteiger partial charge in [-0.05, 0) is 18.4 Å². The molecule has 0 saturated carbocycles. The molecule has 2 rings (SSSR count). The molecule has 1 heterocycles. The summed E-state index contributed by atoms with van der Waals surface area (Å²) in [4.78, 5) is 4.24. The average Bonchev–Trinajstić information content (AvgIpc) is 2.79. The zero-order valence-electron chi connectivity index (χ0n) is 12.2. The minimum Gasteiger partial charge on any atom is -0.323 e. The molecular weight excluding hydrogens is 255 g/mol. The highest BCUT2D eigenvalue weighted by Crippen LogP contribution is 2.20. The molecular formula is C15H21FN4. The second-order valence-electron chi connectivity index (χ2n) is 5.54. The Morgan fingerprint density at radius 1 is 1.35 bits per heavy atom. The van der Waals surface area contributed by atoms with Gasteiger partial charge in [0.05, 0.1) is 0 Å². The predicted octanol–water partition coefficient (Wildman–Crippen LogP) is 2.62. The lowest BCUT2D eigenvalue weighted by Gasteiger charge is -2.15. The quantitative estimate of drug-likeness (QED) is 0.913. The standard InChI is InChI=1S/C15H21FN4/c1-10(2)8-20-14(18-9-19-20)7-13(17)12-6-4-5-11(3)15(12)16/h4-6,9-10,13H,7-8,17H2,1-3H3. The Hall–Kier alpha value is -1.75. The third-order valence-corrected chi connectivity index (χ3v) is 3.26. The molecule has 0 aliphatic carbocycles. The summed E-state index contributed by atoms with van der Waals surface area (Å²) in [5.74, 6) is 1.05. The highest BCUT2D eigenvalue weighted by Gasteiger charge is 2.16. The second kappa shape index (κ2) is 6.13. The number of hydrogen-bond acceptors (Lipinski definition) is 3. The number of rotatable bonds is 5. The van der Waals surface area contributed by atoms with E-state index in [4.69, 9.17) is 5.73 Å². The Balaban J connectivity index is 2.17. The van der Waals surface area contributed by atoms with Crippen molar-refractivity contribution >= 4 is 0 Å². The van der Waals surface area contributed by atoms with Gasteiger partial charge in [0.25, 0.3) is 0 Å². The summed E-state index contributed by atoms with van der Waals surface area (Å²) in [5.41, 5.74) is 7.28. The van der Waals surface area contributed by atoms with E-state index < -0.39 is 6.04 Å². The SMILES string of the molecule is Cc1cccc(C(N)Cc2ncnn2CC(C)C)c1F. The zero-order chi connectivity index (χ0) is 14.7. The lowest BCUT2D eigenvalue weighted by molar-refractivity contribution is 0.457. The lowest BCUT2D eigenvalue weighted by atomic mass is 10.0. The van der Waals surface area contributed by atoms with Crippen LogP contribution in [0.25, 0.3) is 0 Å². The number of aryl methyl sites for hydroxylation is 1. The maximum Gasteiger partial charge on any atom is 0.138 e. The zero-order valence-corrected chi connectivity index (χ0v) is 12.2. The van der Waals surface area contributed by atoms with Crippen LogP contribution in [-0.2, 0) is 13.0 Å². The molecule has 0 saturated heterocycles. The third-order valence-electron chi connectivity index (χ3n) is 3.26. The summed E-state index contributed by atoms with van der Waals surface area (Å²) in [6, 6.07) is 4.89. The smallest absolute Gasteiger partial charge is 0.138 e. The molecule has 1 unspecified atom stereocenters. The van der Waals surface area contributed by atoms with E-state index in [0.717, 1.165) is 12.4 Å². The first-order valence-corrected chi connectivity index (χ1v) is 6.86. The first-order valence-electron chi connectivity index (χ1n) is 6.86. The highest BCUT2D eigenvalue weighted by molar-refractivity contribution is 5.27. The molecule has 1 atom stereocenters. The summed E-state index contributed by atoms with van der Waals surface area (Å²) in [7, 11) is 0. The van der Waals surface area contributed by atoms with Gasteiger partial charge in [-0.15, -0.1) is 0 Å². The van der Waals surface area contributed by atoms with Gasteiger partial charge in [-0.2, -0.15) is 5.10 Å². The summed E-state index contributed by atoms with van der Waals surface area (Å²) >= 11 is 0. The van der Waals surface area contributed by atoms with Crippen molar-refractivity contribution in [2.45, 2.75) is 39.8 Å². The molecule has 0 aliphatic heterocycles. The van der Waals surface area contributed by atoms with Crippen LogP contribution in [0.1, 0.15) is 36.8 Å². The normalized spacial score (nSPS) is 12.9. The van der Waals surface area contributed by atoms with Crippen molar-refractivity contribution < 1.29 is 4.39 Å². The Morgan fingerprint density at radius 3 is 2.80 bits per heavy atom. The first-order chi connectivity index (χ1) is 9.49. The van der Waals surface area contributed by atoms with E-state index in [9.17, 15) is 4.39 Å². The molecule has 0 aliphatic rings. The average molecular weight is 276 g/mol. The molecule has 1 aromatic heterocycles. The molecule has 5 heteroatoms. The molecule has 1 aromatic carbocycles. The minimum atomic E-state index is -0.412. The fourth-order valence-electron chi connectivity index (χ4n) is 2.21. The van der Waals surface area contributed by atoms with E-state index in [1.807, 2.05) is 10.7 Å². The van der Waals surface area contributed by atoms with Crippen molar-refractivity contribution in [3.8, 4) is 0 Å². The van der Waals surface area contributed by atoms with Gasteiger partial charge in [0.2, 0.25) is 0 Å². The van der Waals surface area contributed by atoms with Crippen LogP contribution in [0.5, 0.6) is 0 Å². The van der Waals surface area contributed by atoms with Crippen molar-refractivity contribution in [3.63, 3.8) is 0 Å². The Morgan fingerprint density at radius 2 is 2.10 bits per heavy atom. The van der Waals surface area contributed by atoms with Gasteiger partial charge >= 0.3 is 0 Å². The molecule has 2 N–H and O–H groups in total. The molecule has 108 valence electrons. The third kappa shape index (κ3) is 3.22. The number of benzene rings is 1. The summed E-state index contributed by atoms with van der Waals surface area (Å²) < 4.78 is 15.9. The first kappa shape index (κ1) is 14.7. The maximum absolute atomic E-state index is 14.1. The lowest BCUT2D eigenvalue weighted by Crippen LogP contribution is -2.19. The molecule has 20 heavy (non-hydrogen) atoms. The summed E-state index contributed by atoms with van der Waals surface area (Å²) in [6.07, 6.45) is 2.00. The van der Waals surface area contributed by atoms with E-state index in [1.54, 1.807) is 19.1 Å². The summed E-state index contributed by atoms with van der Waals surface area (Å²) in [6.45, 7) is 6.77. The van der Waals surface area contributed by atoms with Crippen LogP contribution < -0.4 is 5.73 Å². The largest absolute Gasteiger partial charge is 0.323 e. The van der Waals surface area contributed by atoms with E-state index in [1.165, 1.54) is 6.33 Å².